The van der Waals surface area contributed by atoms with Gasteiger partial charge in [-0.1, -0.05) is 0 Å². The van der Waals surface area contributed by atoms with Crippen LogP contribution in [-0.4, -0.2) is 47.8 Å². The number of piperazine rings is 1. The van der Waals surface area contributed by atoms with Crippen molar-refractivity contribution in [1.82, 2.24) is 9.80 Å². The number of benzene rings is 1. The molecule has 0 radical (unpaired) electrons. The maximum absolute atomic E-state index is 13.5. The van der Waals surface area contributed by atoms with Gasteiger partial charge >= 0.3 is 0 Å². The zero-order valence-electron chi connectivity index (χ0n) is 10.5. The number of carbonyl (C=O) groups excluding carboxylic acids is 2. The van der Waals surface area contributed by atoms with Crippen molar-refractivity contribution >= 4 is 11.8 Å². The second-order valence-corrected chi connectivity index (χ2v) is 4.42. The molecule has 0 bridgehead atoms. The van der Waals surface area contributed by atoms with E-state index < -0.39 is 17.5 Å². The van der Waals surface area contributed by atoms with E-state index in [9.17, 15) is 18.4 Å². The van der Waals surface area contributed by atoms with E-state index in [1.807, 2.05) is 0 Å². The fourth-order valence-corrected chi connectivity index (χ4v) is 2.06. The second-order valence-electron chi connectivity index (χ2n) is 4.42. The molecule has 102 valence electrons. The molecule has 0 spiro atoms. The quantitative estimate of drug-likeness (QED) is 0.769. The first kappa shape index (κ1) is 13.5. The van der Waals surface area contributed by atoms with E-state index in [-0.39, 0.29) is 11.5 Å². The molecule has 1 fully saturated rings. The average Bonchev–Trinajstić information content (AvgIpc) is 2.41. The highest BCUT2D eigenvalue weighted by molar-refractivity contribution is 5.94. The highest BCUT2D eigenvalue weighted by Gasteiger charge is 2.25. The first-order valence-electron chi connectivity index (χ1n) is 5.99. The molecule has 0 aliphatic carbocycles. The Balaban J connectivity index is 2.09. The molecule has 1 aliphatic rings. The average molecular weight is 268 g/mol. The zero-order chi connectivity index (χ0) is 14.0. The van der Waals surface area contributed by atoms with Gasteiger partial charge in [-0.3, -0.25) is 9.59 Å². The second kappa shape index (κ2) is 5.34. The van der Waals surface area contributed by atoms with E-state index in [4.69, 9.17) is 0 Å². The van der Waals surface area contributed by atoms with Crippen LogP contribution in [0, 0.1) is 11.6 Å². The largest absolute Gasteiger partial charge is 0.339 e. The van der Waals surface area contributed by atoms with Crippen LogP contribution >= 0.6 is 0 Å². The van der Waals surface area contributed by atoms with Gasteiger partial charge in [-0.15, -0.1) is 0 Å². The third kappa shape index (κ3) is 2.89. The van der Waals surface area contributed by atoms with E-state index in [0.29, 0.717) is 26.2 Å². The van der Waals surface area contributed by atoms with Crippen molar-refractivity contribution in [1.29, 1.82) is 0 Å². The van der Waals surface area contributed by atoms with Gasteiger partial charge < -0.3 is 9.80 Å². The van der Waals surface area contributed by atoms with Crippen molar-refractivity contribution in [3.8, 4) is 0 Å². The summed E-state index contributed by atoms with van der Waals surface area (Å²) >= 11 is 0. The smallest absolute Gasteiger partial charge is 0.257 e. The fraction of sp³-hybridized carbons (Fsp3) is 0.385. The molecule has 1 aliphatic heterocycles. The topological polar surface area (TPSA) is 40.6 Å². The number of rotatable bonds is 1. The fourth-order valence-electron chi connectivity index (χ4n) is 2.06. The maximum atomic E-state index is 13.5. The highest BCUT2D eigenvalue weighted by atomic mass is 19.1. The molecule has 1 aromatic rings. The Morgan fingerprint density at radius 2 is 1.63 bits per heavy atom. The number of hydrogen-bond donors (Lipinski definition) is 0. The lowest BCUT2D eigenvalue weighted by Crippen LogP contribution is -2.50. The summed E-state index contributed by atoms with van der Waals surface area (Å²) in [6.45, 7) is 2.95. The van der Waals surface area contributed by atoms with Crippen LogP contribution in [0.2, 0.25) is 0 Å². The number of carbonyl (C=O) groups is 2. The van der Waals surface area contributed by atoms with Crippen molar-refractivity contribution in [2.75, 3.05) is 26.2 Å². The lowest BCUT2D eigenvalue weighted by molar-refractivity contribution is -0.130. The maximum Gasteiger partial charge on any atom is 0.257 e. The molecule has 6 heteroatoms. The summed E-state index contributed by atoms with van der Waals surface area (Å²) in [6, 6.07) is 2.81. The molecule has 2 rings (SSSR count). The minimum atomic E-state index is -0.736. The van der Waals surface area contributed by atoms with E-state index in [0.717, 1.165) is 18.2 Å². The van der Waals surface area contributed by atoms with Crippen LogP contribution in [0.25, 0.3) is 0 Å². The normalized spacial score (nSPS) is 15.5. The van der Waals surface area contributed by atoms with Crippen LogP contribution in [0.3, 0.4) is 0 Å². The summed E-state index contributed by atoms with van der Waals surface area (Å²) < 4.78 is 26.6. The molecule has 2 amide bonds. The van der Waals surface area contributed by atoms with Gasteiger partial charge in [0.15, 0.2) is 0 Å². The lowest BCUT2D eigenvalue weighted by Gasteiger charge is -2.34. The van der Waals surface area contributed by atoms with E-state index in [1.54, 1.807) is 4.90 Å². The van der Waals surface area contributed by atoms with Crippen molar-refractivity contribution in [2.45, 2.75) is 6.92 Å². The zero-order valence-corrected chi connectivity index (χ0v) is 10.5. The molecule has 19 heavy (non-hydrogen) atoms. The Morgan fingerprint density at radius 1 is 1.05 bits per heavy atom. The van der Waals surface area contributed by atoms with Gasteiger partial charge in [-0.25, -0.2) is 8.78 Å². The molecule has 0 aromatic heterocycles. The van der Waals surface area contributed by atoms with E-state index >= 15 is 0 Å². The van der Waals surface area contributed by atoms with Crippen molar-refractivity contribution < 1.29 is 18.4 Å². The van der Waals surface area contributed by atoms with Gasteiger partial charge in [0.2, 0.25) is 5.91 Å². The SMILES string of the molecule is CC(=O)N1CCN(C(=O)c2cc(F)ccc2F)CC1. The van der Waals surface area contributed by atoms with Crippen LogP contribution in [0.1, 0.15) is 17.3 Å². The van der Waals surface area contributed by atoms with Gasteiger partial charge in [-0.2, -0.15) is 0 Å². The van der Waals surface area contributed by atoms with Crippen LogP contribution in [0.5, 0.6) is 0 Å². The van der Waals surface area contributed by atoms with E-state index in [2.05, 4.69) is 0 Å². The Morgan fingerprint density at radius 3 is 2.21 bits per heavy atom. The van der Waals surface area contributed by atoms with Crippen LogP contribution in [0.15, 0.2) is 18.2 Å². The highest BCUT2D eigenvalue weighted by Crippen LogP contribution is 2.14. The minimum Gasteiger partial charge on any atom is -0.339 e. The molecule has 0 N–H and O–H groups in total. The molecular formula is C13H14F2N2O2. The van der Waals surface area contributed by atoms with Crippen LogP contribution in [0.4, 0.5) is 8.78 Å². The van der Waals surface area contributed by atoms with Gasteiger partial charge in [0.1, 0.15) is 11.6 Å². The molecule has 1 aromatic carbocycles. The summed E-state index contributed by atoms with van der Waals surface area (Å²) in [5.41, 5.74) is -0.267. The monoisotopic (exact) mass is 268 g/mol. The predicted octanol–water partition coefficient (Wildman–Crippen LogP) is 1.27. The first-order valence-corrected chi connectivity index (χ1v) is 5.99. The molecular weight excluding hydrogens is 254 g/mol. The van der Waals surface area contributed by atoms with Gasteiger partial charge in [0.25, 0.3) is 5.91 Å². The van der Waals surface area contributed by atoms with Crippen LogP contribution in [-0.2, 0) is 4.79 Å². The third-order valence-electron chi connectivity index (χ3n) is 3.17. The van der Waals surface area contributed by atoms with Crippen molar-refractivity contribution in [2.24, 2.45) is 0 Å². The van der Waals surface area contributed by atoms with Crippen molar-refractivity contribution in [3.05, 3.63) is 35.4 Å². The Labute approximate surface area is 109 Å². The molecule has 4 nitrogen and oxygen atoms in total. The minimum absolute atomic E-state index is 0.0518. The lowest BCUT2D eigenvalue weighted by atomic mass is 10.1. The first-order chi connectivity index (χ1) is 8.99. The van der Waals surface area contributed by atoms with Gasteiger partial charge in [0.05, 0.1) is 5.56 Å². The Kier molecular flexibility index (Phi) is 3.78. The summed E-state index contributed by atoms with van der Waals surface area (Å²) in [4.78, 5) is 26.3. The molecule has 0 saturated carbocycles. The molecule has 1 saturated heterocycles. The van der Waals surface area contributed by atoms with Gasteiger partial charge in [0, 0.05) is 33.1 Å². The van der Waals surface area contributed by atoms with E-state index in [1.165, 1.54) is 11.8 Å². The van der Waals surface area contributed by atoms with Gasteiger partial charge in [-0.05, 0) is 18.2 Å². The number of halogens is 2. The molecule has 0 atom stereocenters. The molecule has 1 heterocycles. The summed E-state index contributed by atoms with van der Waals surface area (Å²) in [6.07, 6.45) is 0. The summed E-state index contributed by atoms with van der Waals surface area (Å²) in [5, 5.41) is 0. The number of amides is 2. The standard InChI is InChI=1S/C13H14F2N2O2/c1-9(18)16-4-6-17(7-5-16)13(19)11-8-10(14)2-3-12(11)15/h2-3,8H,4-7H2,1H3. The predicted molar refractivity (Wildman–Crippen MR) is 64.5 cm³/mol. The molecule has 0 unspecified atom stereocenters. The number of hydrogen-bond acceptors (Lipinski definition) is 2. The Bertz CT molecular complexity index is 511. The summed E-state index contributed by atoms with van der Waals surface area (Å²) in [7, 11) is 0. The van der Waals surface area contributed by atoms with Crippen molar-refractivity contribution in [3.63, 3.8) is 0 Å². The third-order valence-corrected chi connectivity index (χ3v) is 3.17. The summed E-state index contributed by atoms with van der Waals surface area (Å²) in [5.74, 6) is -1.98. The number of nitrogens with zero attached hydrogens (tertiary/aromatic N) is 2. The van der Waals surface area contributed by atoms with Crippen LogP contribution < -0.4 is 0 Å². The Hall–Kier alpha value is -1.98.